The van der Waals surface area contributed by atoms with Crippen LogP contribution in [0.2, 0.25) is 19.6 Å². The smallest absolute Gasteiger partial charge is 0.255 e. The number of hydrogen-bond donors (Lipinski definition) is 0. The van der Waals surface area contributed by atoms with E-state index in [1.165, 1.54) is 0 Å². The van der Waals surface area contributed by atoms with Crippen molar-refractivity contribution in [3.05, 3.63) is 5.21 Å². The third kappa shape index (κ3) is 3.29. The highest BCUT2D eigenvalue weighted by Gasteiger charge is 2.29. The Balaban J connectivity index is 2.70. The van der Waals surface area contributed by atoms with Gasteiger partial charge in [0.25, 0.3) is 5.71 Å². The lowest BCUT2D eigenvalue weighted by Gasteiger charge is -2.23. The van der Waals surface area contributed by atoms with Crippen molar-refractivity contribution in [3.63, 3.8) is 0 Å². The lowest BCUT2D eigenvalue weighted by molar-refractivity contribution is -0.706. The first kappa shape index (κ1) is 11.5. The topological polar surface area (TPSA) is 35.3 Å². The van der Waals surface area contributed by atoms with Gasteiger partial charge in [0.05, 0.1) is 0 Å². The first-order valence-corrected chi connectivity index (χ1v) is 8.47. The van der Waals surface area contributed by atoms with E-state index in [0.29, 0.717) is 17.7 Å². The summed E-state index contributed by atoms with van der Waals surface area (Å²) in [4.78, 5) is 0.441. The monoisotopic (exact) mass is 219 g/mol. The van der Waals surface area contributed by atoms with E-state index in [-0.39, 0.29) is 5.71 Å². The van der Waals surface area contributed by atoms with Gasteiger partial charge in [-0.15, -0.1) is 0 Å². The molecule has 0 radical (unpaired) electrons. The molecule has 0 aromatic rings. The zero-order valence-corrected chi connectivity index (χ0v) is 10.0. The van der Waals surface area contributed by atoms with Gasteiger partial charge in [-0.3, -0.25) is 5.21 Å². The Hall–Kier alpha value is -0.583. The molecule has 14 heavy (non-hydrogen) atoms. The number of hydrogen-bond acceptors (Lipinski definition) is 2. The van der Waals surface area contributed by atoms with Crippen molar-refractivity contribution < 1.29 is 13.8 Å². The van der Waals surface area contributed by atoms with Gasteiger partial charge in [-0.05, 0) is 19.3 Å². The average molecular weight is 219 g/mol. The third-order valence-electron chi connectivity index (χ3n) is 2.09. The Kier molecular flexibility index (Phi) is 3.52. The van der Waals surface area contributed by atoms with Crippen molar-refractivity contribution in [2.45, 2.75) is 51.5 Å². The van der Waals surface area contributed by atoms with Crippen molar-refractivity contribution in [2.75, 3.05) is 0 Å². The minimum absolute atomic E-state index is 0.277. The summed E-state index contributed by atoms with van der Waals surface area (Å²) in [6.07, 6.45) is 1.66. The van der Waals surface area contributed by atoms with Crippen molar-refractivity contribution in [3.8, 4) is 0 Å². The maximum Gasteiger partial charge on any atom is 0.255 e. The molecule has 0 aromatic carbocycles. The van der Waals surface area contributed by atoms with Crippen LogP contribution < -0.4 is 0 Å². The van der Waals surface area contributed by atoms with Gasteiger partial charge in [-0.25, -0.2) is 4.39 Å². The number of nitrogens with zero attached hydrogens (tertiary/aromatic N) is 1. The summed E-state index contributed by atoms with van der Waals surface area (Å²) in [5.41, 5.74) is 0.277. The highest BCUT2D eigenvalue weighted by molar-refractivity contribution is 6.69. The molecule has 1 fully saturated rings. The van der Waals surface area contributed by atoms with Crippen molar-refractivity contribution in [2.24, 2.45) is 0 Å². The predicted molar refractivity (Wildman–Crippen MR) is 56.4 cm³/mol. The highest BCUT2D eigenvalue weighted by atomic mass is 28.4. The second kappa shape index (κ2) is 4.29. The Morgan fingerprint density at radius 3 is 2.57 bits per heavy atom. The molecule has 82 valence electrons. The summed E-state index contributed by atoms with van der Waals surface area (Å²) in [5.74, 6) is 0. The summed E-state index contributed by atoms with van der Waals surface area (Å²) < 4.78 is 18.5. The van der Waals surface area contributed by atoms with Crippen LogP contribution in [0.3, 0.4) is 0 Å². The van der Waals surface area contributed by atoms with E-state index in [9.17, 15) is 9.60 Å². The van der Waals surface area contributed by atoms with Crippen molar-refractivity contribution in [1.82, 2.24) is 0 Å². The number of alkyl halides is 1. The SMILES string of the molecule is C[Si](C)(C)O/[N+]([O-])=C1\CCCCC1F. The maximum absolute atomic E-state index is 13.3. The van der Waals surface area contributed by atoms with Gasteiger partial charge < -0.3 is 4.53 Å². The normalized spacial score (nSPS) is 27.3. The van der Waals surface area contributed by atoms with Crippen LogP contribution in [-0.4, -0.2) is 25.1 Å². The Morgan fingerprint density at radius 2 is 2.07 bits per heavy atom. The zero-order valence-electron chi connectivity index (χ0n) is 9.05. The summed E-state index contributed by atoms with van der Waals surface area (Å²) >= 11 is 0. The lowest BCUT2D eigenvalue weighted by Crippen LogP contribution is -2.36. The van der Waals surface area contributed by atoms with E-state index < -0.39 is 14.5 Å². The molecule has 0 bridgehead atoms. The predicted octanol–water partition coefficient (Wildman–Crippen LogP) is 2.62. The largest absolute Gasteiger partial charge is 0.443 e. The fraction of sp³-hybridized carbons (Fsp3) is 0.889. The Bertz CT molecular complexity index is 237. The second-order valence-electron chi connectivity index (χ2n) is 4.67. The maximum atomic E-state index is 13.3. The summed E-state index contributed by atoms with van der Waals surface area (Å²) in [5, 5.41) is 11.5. The van der Waals surface area contributed by atoms with E-state index >= 15 is 0 Å². The molecule has 0 amide bonds. The fourth-order valence-electron chi connectivity index (χ4n) is 1.47. The first-order chi connectivity index (χ1) is 6.40. The van der Waals surface area contributed by atoms with Gasteiger partial charge in [0.15, 0.2) is 14.5 Å². The molecule has 1 unspecified atom stereocenters. The molecule has 5 heteroatoms. The van der Waals surface area contributed by atoms with Gasteiger partial charge in [-0.1, -0.05) is 19.6 Å². The number of rotatable bonds is 2. The van der Waals surface area contributed by atoms with Crippen LogP contribution in [0.4, 0.5) is 4.39 Å². The molecule has 0 spiro atoms. The molecule has 1 saturated carbocycles. The van der Waals surface area contributed by atoms with Crippen LogP contribution in [0.25, 0.3) is 0 Å². The van der Waals surface area contributed by atoms with Crippen LogP contribution in [0.1, 0.15) is 25.7 Å². The van der Waals surface area contributed by atoms with Gasteiger partial charge in [0.1, 0.15) is 0 Å². The lowest BCUT2D eigenvalue weighted by atomic mass is 9.97. The molecule has 1 rings (SSSR count). The minimum Gasteiger partial charge on any atom is -0.443 e. The molecule has 0 saturated heterocycles. The van der Waals surface area contributed by atoms with Crippen LogP contribution in [0, 0.1) is 5.21 Å². The zero-order chi connectivity index (χ0) is 10.8. The van der Waals surface area contributed by atoms with E-state index in [1.54, 1.807) is 0 Å². The highest BCUT2D eigenvalue weighted by Crippen LogP contribution is 2.19. The summed E-state index contributed by atoms with van der Waals surface area (Å²) in [7, 11) is -1.91. The Labute approximate surface area is 85.2 Å². The molecule has 3 nitrogen and oxygen atoms in total. The fourth-order valence-corrected chi connectivity index (χ4v) is 2.08. The number of halogens is 1. The average Bonchev–Trinajstić information content (AvgIpc) is 2.01. The molecule has 0 aromatic heterocycles. The molecule has 1 aliphatic carbocycles. The van der Waals surface area contributed by atoms with E-state index in [2.05, 4.69) is 0 Å². The molecule has 0 aliphatic heterocycles. The quantitative estimate of drug-likeness (QED) is 0.406. The minimum atomic E-state index is -1.91. The van der Waals surface area contributed by atoms with Crippen molar-refractivity contribution in [1.29, 1.82) is 0 Å². The molecular weight excluding hydrogens is 201 g/mol. The van der Waals surface area contributed by atoms with Gasteiger partial charge in [0, 0.05) is 11.3 Å². The standard InChI is InChI=1S/C9H18FNO2Si/c1-14(2,3)13-11(12)9-7-5-4-6-8(9)10/h8H,4-7H2,1-3H3/b11-9+. The molecule has 0 N–H and O–H groups in total. The molecule has 0 heterocycles. The van der Waals surface area contributed by atoms with Crippen LogP contribution >= 0.6 is 0 Å². The van der Waals surface area contributed by atoms with E-state index in [4.69, 9.17) is 4.53 Å². The molecule has 1 aliphatic rings. The summed E-state index contributed by atoms with van der Waals surface area (Å²) in [6.45, 7) is 5.73. The molecule has 1 atom stereocenters. The van der Waals surface area contributed by atoms with Crippen LogP contribution in [0.15, 0.2) is 0 Å². The summed E-state index contributed by atoms with van der Waals surface area (Å²) in [6, 6.07) is 0. The van der Waals surface area contributed by atoms with Crippen LogP contribution in [-0.2, 0) is 4.53 Å². The van der Waals surface area contributed by atoms with E-state index in [1.807, 2.05) is 19.6 Å². The third-order valence-corrected chi connectivity index (χ3v) is 2.81. The van der Waals surface area contributed by atoms with E-state index in [0.717, 1.165) is 12.8 Å². The van der Waals surface area contributed by atoms with Crippen LogP contribution in [0.5, 0.6) is 0 Å². The second-order valence-corrected chi connectivity index (χ2v) is 9.07. The molecular formula is C9H18FNO2Si. The van der Waals surface area contributed by atoms with Gasteiger partial charge in [0.2, 0.25) is 0 Å². The van der Waals surface area contributed by atoms with Gasteiger partial charge >= 0.3 is 0 Å². The first-order valence-electron chi connectivity index (χ1n) is 5.06. The van der Waals surface area contributed by atoms with Gasteiger partial charge in [-0.2, -0.15) is 0 Å². The Morgan fingerprint density at radius 1 is 1.43 bits per heavy atom. The van der Waals surface area contributed by atoms with Crippen molar-refractivity contribution >= 4 is 14.0 Å².